The number of rotatable bonds is 14. The van der Waals surface area contributed by atoms with Crippen molar-refractivity contribution < 1.29 is 43.3 Å². The van der Waals surface area contributed by atoms with Gasteiger partial charge in [-0.05, 0) is 25.7 Å². The molecule has 4 N–H and O–H groups in total. The first kappa shape index (κ1) is 42.0. The second kappa shape index (κ2) is 17.4. The topological polar surface area (TPSA) is 242 Å². The fourth-order valence-electron chi connectivity index (χ4n) is 4.54. The van der Waals surface area contributed by atoms with Gasteiger partial charge in [-0.15, -0.1) is 13.2 Å². The Morgan fingerprint density at radius 2 is 0.870 bits per heavy atom. The molecule has 2 amide bonds. The van der Waals surface area contributed by atoms with Crippen molar-refractivity contribution in [2.75, 3.05) is 80.5 Å². The summed E-state index contributed by atoms with van der Waals surface area (Å²) in [6.07, 6.45) is 3.87. The van der Waals surface area contributed by atoms with Crippen LogP contribution in [0.2, 0.25) is 0 Å². The summed E-state index contributed by atoms with van der Waals surface area (Å²) in [4.78, 5) is 27.5. The van der Waals surface area contributed by atoms with Gasteiger partial charge in [0.15, 0.2) is 10.5 Å². The molecule has 2 atom stereocenters. The van der Waals surface area contributed by atoms with Crippen molar-refractivity contribution in [2.45, 2.75) is 36.2 Å². The lowest BCUT2D eigenvalue weighted by molar-refractivity contribution is -0.132. The van der Waals surface area contributed by atoms with Gasteiger partial charge in [0.25, 0.3) is 20.4 Å². The van der Waals surface area contributed by atoms with Crippen LogP contribution in [-0.4, -0.2) is 164 Å². The summed E-state index contributed by atoms with van der Waals surface area (Å²) in [5, 5.41) is 7.64. The smallest absolute Gasteiger partial charge is 0.281 e. The van der Waals surface area contributed by atoms with Crippen molar-refractivity contribution in [3.8, 4) is 0 Å². The lowest BCUT2D eigenvalue weighted by atomic mass is 10.2. The van der Waals surface area contributed by atoms with Gasteiger partial charge in [-0.3, -0.25) is 9.59 Å². The largest absolute Gasteiger partial charge is 0.339 e. The van der Waals surface area contributed by atoms with Crippen LogP contribution in [-0.2, 0) is 50.1 Å². The number of hydrogen-bond donors (Lipinski definition) is 2. The van der Waals surface area contributed by atoms with Crippen molar-refractivity contribution in [3.05, 3.63) is 25.3 Å². The van der Waals surface area contributed by atoms with E-state index in [9.17, 15) is 43.3 Å². The lowest BCUT2D eigenvalue weighted by Gasteiger charge is -2.36. The SMILES string of the molecule is C=CCC[C@@H](C(=O)N1CCN(S(=O)(=O)N(C)C)CC1)S(N)(=O)=O.C=CCC[C@H](C(=O)N1CCN(S(=O)(=O)N(C)C)CC1)S(N)(=O)=O. The molecule has 46 heavy (non-hydrogen) atoms. The van der Waals surface area contributed by atoms with Crippen molar-refractivity contribution >= 4 is 52.3 Å². The molecule has 2 fully saturated rings. The van der Waals surface area contributed by atoms with Gasteiger partial charge in [-0.2, -0.15) is 34.1 Å². The highest BCUT2D eigenvalue weighted by Crippen LogP contribution is 2.16. The first-order valence-corrected chi connectivity index (χ1v) is 20.2. The summed E-state index contributed by atoms with van der Waals surface area (Å²) >= 11 is 0. The first-order chi connectivity index (χ1) is 21.0. The van der Waals surface area contributed by atoms with E-state index in [0.717, 1.165) is 8.61 Å². The normalized spacial score (nSPS) is 18.9. The van der Waals surface area contributed by atoms with Gasteiger partial charge in [-0.25, -0.2) is 27.1 Å². The second-order valence-electron chi connectivity index (χ2n) is 10.9. The maximum Gasteiger partial charge on any atom is 0.281 e. The van der Waals surface area contributed by atoms with Crippen molar-refractivity contribution in [2.24, 2.45) is 10.3 Å². The first-order valence-electron chi connectivity index (χ1n) is 14.2. The molecule has 22 heteroatoms. The quantitative estimate of drug-likeness (QED) is 0.173. The Balaban J connectivity index is 0.000000460. The minimum Gasteiger partial charge on any atom is -0.339 e. The van der Waals surface area contributed by atoms with Gasteiger partial charge in [0.1, 0.15) is 0 Å². The molecule has 2 rings (SSSR count). The van der Waals surface area contributed by atoms with E-state index in [4.69, 9.17) is 10.3 Å². The van der Waals surface area contributed by atoms with Crippen LogP contribution in [0.3, 0.4) is 0 Å². The number of nitrogens with zero attached hydrogens (tertiary/aromatic N) is 6. The van der Waals surface area contributed by atoms with Crippen molar-refractivity contribution in [1.82, 2.24) is 27.0 Å². The third kappa shape index (κ3) is 11.6. The molecular weight excluding hydrogens is 689 g/mol. The molecule has 0 saturated carbocycles. The maximum atomic E-state index is 12.4. The zero-order chi connectivity index (χ0) is 35.7. The third-order valence-electron chi connectivity index (χ3n) is 7.29. The number of primary sulfonamides is 2. The molecule has 0 radical (unpaired) electrons. The zero-order valence-corrected chi connectivity index (χ0v) is 30.0. The average molecular weight is 737 g/mol. The van der Waals surface area contributed by atoms with Gasteiger partial charge in [0.2, 0.25) is 31.9 Å². The highest BCUT2D eigenvalue weighted by molar-refractivity contribution is 7.90. The van der Waals surface area contributed by atoms with E-state index in [-0.39, 0.29) is 65.2 Å². The number of hydrogen-bond acceptors (Lipinski definition) is 10. The minimum atomic E-state index is -4.02. The number of allylic oxidation sites excluding steroid dienone is 2. The molecule has 18 nitrogen and oxygen atoms in total. The summed E-state index contributed by atoms with van der Waals surface area (Å²) in [5.41, 5.74) is 0. The predicted octanol–water partition coefficient (Wildman–Crippen LogP) is -2.88. The molecule has 268 valence electrons. The monoisotopic (exact) mass is 736 g/mol. The Hall–Kier alpha value is -2.02. The molecule has 0 aromatic carbocycles. The van der Waals surface area contributed by atoms with Crippen LogP contribution in [0.5, 0.6) is 0 Å². The number of nitrogens with two attached hydrogens (primary N) is 2. The van der Waals surface area contributed by atoms with Gasteiger partial charge in [0, 0.05) is 80.5 Å². The summed E-state index contributed by atoms with van der Waals surface area (Å²) in [6.45, 7) is 7.99. The molecule has 2 saturated heterocycles. The van der Waals surface area contributed by atoms with E-state index in [2.05, 4.69) is 13.2 Å². The average Bonchev–Trinajstić information content (AvgIpc) is 2.96. The predicted molar refractivity (Wildman–Crippen MR) is 174 cm³/mol. The van der Waals surface area contributed by atoms with E-state index < -0.39 is 62.8 Å². The van der Waals surface area contributed by atoms with Crippen LogP contribution in [0, 0.1) is 0 Å². The van der Waals surface area contributed by atoms with Gasteiger partial charge < -0.3 is 9.80 Å². The van der Waals surface area contributed by atoms with Crippen LogP contribution in [0.25, 0.3) is 0 Å². The Morgan fingerprint density at radius 3 is 1.07 bits per heavy atom. The Bertz CT molecular complexity index is 1390. The second-order valence-corrected chi connectivity index (χ2v) is 18.7. The molecule has 0 aliphatic carbocycles. The number of amides is 2. The van der Waals surface area contributed by atoms with Crippen LogP contribution in [0.15, 0.2) is 25.3 Å². The molecule has 0 aromatic rings. The summed E-state index contributed by atoms with van der Waals surface area (Å²) in [7, 11) is -9.40. The molecule has 0 spiro atoms. The molecule has 0 aromatic heterocycles. The minimum absolute atomic E-state index is 0.0668. The Kier molecular flexibility index (Phi) is 15.9. The Morgan fingerprint density at radius 1 is 0.609 bits per heavy atom. The Labute approximate surface area is 274 Å². The molecule has 2 heterocycles. The van der Waals surface area contributed by atoms with Gasteiger partial charge in [-0.1, -0.05) is 12.2 Å². The zero-order valence-electron chi connectivity index (χ0n) is 26.8. The number of sulfonamides is 2. The molecule has 2 aliphatic rings. The van der Waals surface area contributed by atoms with Crippen molar-refractivity contribution in [3.63, 3.8) is 0 Å². The standard InChI is InChI=1S/2C12H24N4O5S2/c2*1-4-5-6-11(22(13,18)19)12(17)15-7-9-16(10-8-15)23(20,21)14(2)3/h2*4,11H,1,5-10H2,2-3H3,(H2,13,18,19)/t2*11-/m10/s1. The highest BCUT2D eigenvalue weighted by atomic mass is 32.2. The maximum absolute atomic E-state index is 12.4. The molecular formula is C24H48N8O10S4. The summed E-state index contributed by atoms with van der Waals surface area (Å²) in [6, 6.07) is 0. The van der Waals surface area contributed by atoms with Crippen LogP contribution >= 0.6 is 0 Å². The highest BCUT2D eigenvalue weighted by Gasteiger charge is 2.38. The summed E-state index contributed by atoms with van der Waals surface area (Å²) < 4.78 is 99.3. The van der Waals surface area contributed by atoms with E-state index in [1.807, 2.05) is 0 Å². The van der Waals surface area contributed by atoms with Crippen LogP contribution in [0.4, 0.5) is 0 Å². The third-order valence-corrected chi connectivity index (χ3v) is 13.6. The van der Waals surface area contributed by atoms with E-state index in [1.54, 1.807) is 0 Å². The number of carbonyl (C=O) groups excluding carboxylic acids is 2. The number of carbonyl (C=O) groups is 2. The lowest BCUT2D eigenvalue weighted by Crippen LogP contribution is -2.56. The van der Waals surface area contributed by atoms with Crippen LogP contribution < -0.4 is 10.3 Å². The molecule has 2 aliphatic heterocycles. The fourth-order valence-corrected chi connectivity index (χ4v) is 8.51. The van der Waals surface area contributed by atoms with Crippen LogP contribution in [0.1, 0.15) is 25.7 Å². The van der Waals surface area contributed by atoms with E-state index >= 15 is 0 Å². The molecule has 0 bridgehead atoms. The van der Waals surface area contributed by atoms with Gasteiger partial charge in [0.05, 0.1) is 0 Å². The number of piperazine rings is 2. The fraction of sp³-hybridized carbons (Fsp3) is 0.750. The van der Waals surface area contributed by atoms with Gasteiger partial charge >= 0.3 is 0 Å². The van der Waals surface area contributed by atoms with E-state index in [1.165, 1.54) is 58.8 Å². The van der Waals surface area contributed by atoms with Crippen molar-refractivity contribution in [1.29, 1.82) is 0 Å². The molecule has 0 unspecified atom stereocenters. The summed E-state index contributed by atoms with van der Waals surface area (Å²) in [5.74, 6) is -1.17. The van der Waals surface area contributed by atoms with E-state index in [0.29, 0.717) is 12.8 Å².